The van der Waals surface area contributed by atoms with E-state index in [1.54, 1.807) is 12.1 Å². The van der Waals surface area contributed by atoms with Gasteiger partial charge in [0.2, 0.25) is 0 Å². The predicted octanol–water partition coefficient (Wildman–Crippen LogP) is 0.00300. The Kier molecular flexibility index (Phi) is 3.00. The number of nitrogens with two attached hydrogens (primary N) is 1. The van der Waals surface area contributed by atoms with Crippen molar-refractivity contribution in [3.8, 4) is 0 Å². The van der Waals surface area contributed by atoms with Crippen molar-refractivity contribution in [3.63, 3.8) is 0 Å². The van der Waals surface area contributed by atoms with E-state index in [-0.39, 0.29) is 10.5 Å². The number of carbonyl (C=O) groups excluding carboxylic acids is 1. The zero-order valence-electron chi connectivity index (χ0n) is 6.47. The van der Waals surface area contributed by atoms with Crippen LogP contribution in [0.25, 0.3) is 0 Å². The first-order valence-corrected chi connectivity index (χ1v) is 5.02. The molecule has 0 aliphatic heterocycles. The minimum absolute atomic E-state index is 0.0176. The van der Waals surface area contributed by atoms with Gasteiger partial charge < -0.3 is 0 Å². The Hall–Kier alpha value is -1.39. The van der Waals surface area contributed by atoms with Crippen molar-refractivity contribution < 1.29 is 9.72 Å². The van der Waals surface area contributed by atoms with Gasteiger partial charge in [-0.2, -0.15) is 0 Å². The summed E-state index contributed by atoms with van der Waals surface area (Å²) in [5, 5.41) is 10.3. The molecule has 0 fully saturated rings. The Balaban J connectivity index is 2.81. The van der Waals surface area contributed by atoms with Gasteiger partial charge in [0.05, 0.1) is 0 Å². The van der Waals surface area contributed by atoms with E-state index in [1.807, 2.05) is 0 Å². The molecule has 0 aliphatic carbocycles. The molecule has 0 saturated heterocycles. The number of carbonyl (C=O) groups is 1. The fourth-order valence-electron chi connectivity index (χ4n) is 0.752. The van der Waals surface area contributed by atoms with Crippen LogP contribution in [0.2, 0.25) is 0 Å². The number of rotatable bonds is 3. The van der Waals surface area contributed by atoms with Crippen molar-refractivity contribution in [1.29, 1.82) is 0 Å². The second-order valence-corrected chi connectivity index (χ2v) is 4.43. The normalized spacial score (nSPS) is 9.54. The Morgan fingerprint density at radius 1 is 1.38 bits per heavy atom. The quantitative estimate of drug-likeness (QED) is 0.462. The summed E-state index contributed by atoms with van der Waals surface area (Å²) in [6.45, 7) is 0. The van der Waals surface area contributed by atoms with Gasteiger partial charge in [0.15, 0.2) is 0 Å². The Morgan fingerprint density at radius 2 is 1.92 bits per heavy atom. The molecule has 0 aromatic heterocycles. The molecule has 0 saturated carbocycles. The molecule has 0 spiro atoms. The molecule has 0 unspecified atom stereocenters. The Bertz CT molecular complexity index is 336. The predicted molar refractivity (Wildman–Crippen MR) is 48.1 cm³/mol. The molecule has 0 atom stereocenters. The molecule has 1 aromatic rings. The van der Waals surface area contributed by atoms with Gasteiger partial charge >= 0.3 is 79.7 Å². The topological polar surface area (TPSA) is 86.2 Å². The number of nitro groups is 1. The van der Waals surface area contributed by atoms with Gasteiger partial charge in [-0.15, -0.1) is 0 Å². The van der Waals surface area contributed by atoms with E-state index in [9.17, 15) is 14.9 Å². The fraction of sp³-hybridized carbons (Fsp3) is 0. The van der Waals surface area contributed by atoms with E-state index < -0.39 is 19.9 Å². The molecular weight excluding hydrogens is 239 g/mol. The van der Waals surface area contributed by atoms with E-state index >= 15 is 0 Å². The molecule has 0 aliphatic rings. The second-order valence-electron chi connectivity index (χ2n) is 2.17. The van der Waals surface area contributed by atoms with Crippen LogP contribution in [-0.2, 0) is 0 Å². The first-order valence-electron chi connectivity index (χ1n) is 3.31. The van der Waals surface area contributed by atoms with E-state index in [0.717, 1.165) is 4.46 Å². The third kappa shape index (κ3) is 2.85. The summed E-state index contributed by atoms with van der Waals surface area (Å²) in [4.78, 5) is 19.9. The van der Waals surface area contributed by atoms with E-state index in [0.29, 0.717) is 0 Å². The van der Waals surface area contributed by atoms with Gasteiger partial charge in [0.1, 0.15) is 0 Å². The van der Waals surface area contributed by atoms with E-state index in [4.69, 9.17) is 5.73 Å². The summed E-state index contributed by atoms with van der Waals surface area (Å²) >= 11 is -0.435. The first-order chi connectivity index (χ1) is 6.09. The van der Waals surface area contributed by atoms with Crippen molar-refractivity contribution in [2.24, 2.45) is 5.73 Å². The maximum absolute atomic E-state index is 10.5. The zero-order valence-corrected chi connectivity index (χ0v) is 8.18. The molecule has 13 heavy (non-hydrogen) atoms. The summed E-state index contributed by atoms with van der Waals surface area (Å²) in [7, 11) is 0. The van der Waals surface area contributed by atoms with E-state index in [1.165, 1.54) is 12.1 Å². The molecule has 0 heterocycles. The number of amides is 1. The van der Waals surface area contributed by atoms with Gasteiger partial charge in [-0.05, 0) is 0 Å². The number of nitro benzene ring substituents is 1. The number of nitrogens with zero attached hydrogens (tertiary/aromatic N) is 1. The van der Waals surface area contributed by atoms with Crippen molar-refractivity contribution in [2.45, 2.75) is 0 Å². The van der Waals surface area contributed by atoms with Crippen LogP contribution in [0.4, 0.5) is 10.5 Å². The van der Waals surface area contributed by atoms with E-state index in [2.05, 4.69) is 0 Å². The van der Waals surface area contributed by atoms with Crippen molar-refractivity contribution >= 4 is 29.9 Å². The molecular formula is C7H6N2O3Se. The van der Waals surface area contributed by atoms with Gasteiger partial charge in [0, 0.05) is 0 Å². The maximum atomic E-state index is 10.5. The van der Waals surface area contributed by atoms with Crippen LogP contribution in [0.5, 0.6) is 0 Å². The molecule has 1 amide bonds. The van der Waals surface area contributed by atoms with Crippen molar-refractivity contribution in [2.75, 3.05) is 0 Å². The SMILES string of the molecule is NC(=O)[Se]c1ccc([N+](=O)[O-])cc1. The summed E-state index contributed by atoms with van der Waals surface area (Å²) in [5.74, 6) is 0. The summed E-state index contributed by atoms with van der Waals surface area (Å²) in [6.07, 6.45) is 0. The average Bonchev–Trinajstić information content (AvgIpc) is 2.04. The van der Waals surface area contributed by atoms with Crippen LogP contribution in [0.1, 0.15) is 0 Å². The monoisotopic (exact) mass is 246 g/mol. The first kappa shape index (κ1) is 9.70. The molecule has 5 nitrogen and oxygen atoms in total. The minimum atomic E-state index is -0.485. The van der Waals surface area contributed by atoms with Crippen LogP contribution >= 0.6 is 0 Å². The summed E-state index contributed by atoms with van der Waals surface area (Å²) in [5.41, 5.74) is 4.99. The number of hydrogen-bond donors (Lipinski definition) is 1. The van der Waals surface area contributed by atoms with Crippen LogP contribution in [0, 0.1) is 10.1 Å². The Morgan fingerprint density at radius 3 is 2.31 bits per heavy atom. The third-order valence-electron chi connectivity index (χ3n) is 1.27. The molecule has 0 radical (unpaired) electrons. The molecule has 0 bridgehead atoms. The van der Waals surface area contributed by atoms with Crippen LogP contribution in [-0.4, -0.2) is 24.7 Å². The van der Waals surface area contributed by atoms with Crippen LogP contribution in [0.15, 0.2) is 24.3 Å². The zero-order chi connectivity index (χ0) is 9.84. The third-order valence-corrected chi connectivity index (χ3v) is 2.75. The average molecular weight is 245 g/mol. The standard InChI is InChI=1S/C7H6N2O3Se/c8-7(10)13-6-3-1-5(2-4-6)9(11)12/h1-4H,(H2,8,10). The summed E-state index contributed by atoms with van der Waals surface area (Å²) in [6, 6.07) is 5.81. The van der Waals surface area contributed by atoms with Crippen molar-refractivity contribution in [3.05, 3.63) is 34.4 Å². The van der Waals surface area contributed by atoms with Crippen LogP contribution in [0.3, 0.4) is 0 Å². The van der Waals surface area contributed by atoms with Crippen molar-refractivity contribution in [1.82, 2.24) is 0 Å². The molecule has 2 N–H and O–H groups in total. The Labute approximate surface area is 80.2 Å². The number of benzene rings is 1. The molecule has 68 valence electrons. The van der Waals surface area contributed by atoms with Gasteiger partial charge in [-0.25, -0.2) is 0 Å². The van der Waals surface area contributed by atoms with Gasteiger partial charge in [0.25, 0.3) is 0 Å². The number of primary amides is 1. The second kappa shape index (κ2) is 4.02. The number of hydrogen-bond acceptors (Lipinski definition) is 3. The van der Waals surface area contributed by atoms with Gasteiger partial charge in [-0.1, -0.05) is 0 Å². The summed E-state index contributed by atoms with van der Waals surface area (Å²) < 4.78 is 0.741. The number of non-ortho nitro benzene ring substituents is 1. The van der Waals surface area contributed by atoms with Crippen LogP contribution < -0.4 is 10.2 Å². The molecule has 1 rings (SSSR count). The fourth-order valence-corrected chi connectivity index (χ4v) is 1.81. The molecule has 6 heteroatoms. The van der Waals surface area contributed by atoms with Gasteiger partial charge in [-0.3, -0.25) is 0 Å². The molecule has 1 aromatic carbocycles.